The fourth-order valence-corrected chi connectivity index (χ4v) is 4.57. The second kappa shape index (κ2) is 7.81. The lowest BCUT2D eigenvalue weighted by Gasteiger charge is -2.43. The fraction of sp³-hybridized carbons (Fsp3) is 0.619. The standard InChI is InChI=1S/C21H31N5O2/c1-15(2)10-13-26-19(27)17-18(23(3)21(26)28)22-20-24(11-7-12-25(17)20)14-16-8-5-4-6-9-16/h4-6,8-9,15,17-18,20,22H,7,10-14H2,1-3H3. The molecule has 3 amide bonds. The average molecular weight is 386 g/mol. The highest BCUT2D eigenvalue weighted by Gasteiger charge is 2.55. The number of nitrogens with one attached hydrogen (secondary N) is 1. The molecule has 3 saturated heterocycles. The largest absolute Gasteiger partial charge is 0.327 e. The van der Waals surface area contributed by atoms with Gasteiger partial charge in [-0.3, -0.25) is 24.8 Å². The molecule has 3 unspecified atom stereocenters. The number of fused-ring (bicyclic) bond motifs is 3. The van der Waals surface area contributed by atoms with Gasteiger partial charge in [-0.1, -0.05) is 44.2 Å². The first-order valence-electron chi connectivity index (χ1n) is 10.4. The monoisotopic (exact) mass is 385 g/mol. The van der Waals surface area contributed by atoms with Crippen molar-refractivity contribution in [2.24, 2.45) is 5.92 Å². The average Bonchev–Trinajstić information content (AvgIpc) is 3.08. The smallest absolute Gasteiger partial charge is 0.310 e. The van der Waals surface area contributed by atoms with Crippen LogP contribution in [0.1, 0.15) is 32.3 Å². The lowest BCUT2D eigenvalue weighted by Crippen LogP contribution is -2.66. The van der Waals surface area contributed by atoms with Gasteiger partial charge in [0.05, 0.1) is 0 Å². The second-order valence-electron chi connectivity index (χ2n) is 8.54. The minimum atomic E-state index is -0.307. The Hall–Kier alpha value is -1.96. The zero-order valence-electron chi connectivity index (χ0n) is 17.0. The predicted octanol–water partition coefficient (Wildman–Crippen LogP) is 1.72. The quantitative estimate of drug-likeness (QED) is 0.836. The van der Waals surface area contributed by atoms with Crippen LogP contribution in [0.2, 0.25) is 0 Å². The van der Waals surface area contributed by atoms with Crippen LogP contribution in [0, 0.1) is 5.92 Å². The van der Waals surface area contributed by atoms with Crippen molar-refractivity contribution < 1.29 is 9.59 Å². The number of nitrogens with zero attached hydrogens (tertiary/aromatic N) is 4. The van der Waals surface area contributed by atoms with Gasteiger partial charge in [0.15, 0.2) is 0 Å². The molecule has 0 spiro atoms. The van der Waals surface area contributed by atoms with Crippen LogP contribution in [0.4, 0.5) is 4.79 Å². The highest BCUT2D eigenvalue weighted by molar-refractivity contribution is 6.00. The number of likely N-dealkylation sites (N-methyl/N-ethyl adjacent to an activating group) is 1. The number of rotatable bonds is 5. The molecule has 1 aromatic carbocycles. The van der Waals surface area contributed by atoms with Crippen molar-refractivity contribution in [3.63, 3.8) is 0 Å². The Kier molecular flexibility index (Phi) is 5.40. The summed E-state index contributed by atoms with van der Waals surface area (Å²) >= 11 is 0. The summed E-state index contributed by atoms with van der Waals surface area (Å²) in [6.45, 7) is 7.41. The van der Waals surface area contributed by atoms with E-state index in [0.717, 1.165) is 32.5 Å². The van der Waals surface area contributed by atoms with Crippen molar-refractivity contribution in [3.05, 3.63) is 35.9 Å². The summed E-state index contributed by atoms with van der Waals surface area (Å²) in [5.74, 6) is 0.403. The summed E-state index contributed by atoms with van der Waals surface area (Å²) in [4.78, 5) is 33.9. The van der Waals surface area contributed by atoms with Crippen LogP contribution in [0.3, 0.4) is 0 Å². The molecule has 3 aliphatic heterocycles. The maximum Gasteiger partial charge on any atom is 0.327 e. The number of carbonyl (C=O) groups excluding carboxylic acids is 2. The molecular weight excluding hydrogens is 354 g/mol. The Labute approximate surface area is 167 Å². The first kappa shape index (κ1) is 19.4. The molecule has 7 nitrogen and oxygen atoms in total. The van der Waals surface area contributed by atoms with Gasteiger partial charge in [-0.05, 0) is 24.3 Å². The molecule has 0 aliphatic carbocycles. The lowest BCUT2D eigenvalue weighted by atomic mass is 10.1. The molecule has 28 heavy (non-hydrogen) atoms. The minimum Gasteiger partial charge on any atom is -0.310 e. The van der Waals surface area contributed by atoms with Gasteiger partial charge in [0.2, 0.25) is 0 Å². The Morgan fingerprint density at radius 3 is 2.61 bits per heavy atom. The normalized spacial score (nSPS) is 28.8. The Morgan fingerprint density at radius 2 is 1.89 bits per heavy atom. The van der Waals surface area contributed by atoms with E-state index in [9.17, 15) is 9.59 Å². The van der Waals surface area contributed by atoms with Crippen LogP contribution in [0.5, 0.6) is 0 Å². The van der Waals surface area contributed by atoms with Gasteiger partial charge in [0.25, 0.3) is 5.91 Å². The summed E-state index contributed by atoms with van der Waals surface area (Å²) < 4.78 is 0. The second-order valence-corrected chi connectivity index (χ2v) is 8.54. The molecule has 152 valence electrons. The van der Waals surface area contributed by atoms with Crippen LogP contribution in [-0.2, 0) is 11.3 Å². The van der Waals surface area contributed by atoms with Gasteiger partial charge in [-0.15, -0.1) is 0 Å². The van der Waals surface area contributed by atoms with Crippen molar-refractivity contribution >= 4 is 11.9 Å². The molecule has 0 bridgehead atoms. The Bertz CT molecular complexity index is 725. The van der Waals surface area contributed by atoms with Crippen molar-refractivity contribution in [1.29, 1.82) is 0 Å². The van der Waals surface area contributed by atoms with Gasteiger partial charge in [-0.2, -0.15) is 0 Å². The number of hydrogen-bond donors (Lipinski definition) is 1. The first-order chi connectivity index (χ1) is 13.5. The number of imide groups is 1. The molecule has 3 atom stereocenters. The minimum absolute atomic E-state index is 0.0202. The predicted molar refractivity (Wildman–Crippen MR) is 107 cm³/mol. The van der Waals surface area contributed by atoms with Gasteiger partial charge >= 0.3 is 6.03 Å². The zero-order chi connectivity index (χ0) is 19.8. The van der Waals surface area contributed by atoms with Crippen molar-refractivity contribution in [2.75, 3.05) is 26.7 Å². The molecule has 3 fully saturated rings. The highest BCUT2D eigenvalue weighted by atomic mass is 16.2. The van der Waals surface area contributed by atoms with Gasteiger partial charge < -0.3 is 4.90 Å². The SMILES string of the molecule is CC(C)CCN1C(=O)C2C(NC3N(Cc4ccccc4)CCCN23)N(C)C1=O. The molecular formula is C21H31N5O2. The highest BCUT2D eigenvalue weighted by Crippen LogP contribution is 2.31. The topological polar surface area (TPSA) is 59.1 Å². The van der Waals surface area contributed by atoms with Gasteiger partial charge in [0.1, 0.15) is 18.5 Å². The molecule has 0 aromatic heterocycles. The van der Waals surface area contributed by atoms with E-state index in [2.05, 4.69) is 53.2 Å². The first-order valence-corrected chi connectivity index (χ1v) is 10.4. The molecule has 1 aromatic rings. The third kappa shape index (κ3) is 3.43. The number of carbonyl (C=O) groups is 2. The van der Waals surface area contributed by atoms with Crippen LogP contribution in [0.15, 0.2) is 30.3 Å². The van der Waals surface area contributed by atoms with Crippen molar-refractivity contribution in [1.82, 2.24) is 24.9 Å². The van der Waals surface area contributed by atoms with Crippen LogP contribution < -0.4 is 5.32 Å². The third-order valence-corrected chi connectivity index (χ3v) is 6.13. The number of amides is 3. The van der Waals surface area contributed by atoms with E-state index in [1.807, 2.05) is 13.1 Å². The fourth-order valence-electron chi connectivity index (χ4n) is 4.57. The molecule has 3 heterocycles. The van der Waals surface area contributed by atoms with Gasteiger partial charge in [-0.25, -0.2) is 4.79 Å². The van der Waals surface area contributed by atoms with E-state index < -0.39 is 0 Å². The Morgan fingerprint density at radius 1 is 1.14 bits per heavy atom. The molecule has 4 rings (SSSR count). The van der Waals surface area contributed by atoms with Crippen LogP contribution in [0.25, 0.3) is 0 Å². The molecule has 0 radical (unpaired) electrons. The number of benzene rings is 1. The van der Waals surface area contributed by atoms with E-state index in [0.29, 0.717) is 12.5 Å². The lowest BCUT2D eigenvalue weighted by molar-refractivity contribution is -0.140. The maximum absolute atomic E-state index is 13.3. The summed E-state index contributed by atoms with van der Waals surface area (Å²) in [6.07, 6.45) is 1.56. The third-order valence-electron chi connectivity index (χ3n) is 6.13. The van der Waals surface area contributed by atoms with Crippen molar-refractivity contribution in [3.8, 4) is 0 Å². The maximum atomic E-state index is 13.3. The number of urea groups is 1. The van der Waals surface area contributed by atoms with E-state index in [1.165, 1.54) is 10.5 Å². The van der Waals surface area contributed by atoms with Crippen LogP contribution >= 0.6 is 0 Å². The molecule has 3 aliphatic rings. The van der Waals surface area contributed by atoms with E-state index in [4.69, 9.17) is 0 Å². The molecule has 1 N–H and O–H groups in total. The summed E-state index contributed by atoms with van der Waals surface area (Å²) in [5, 5.41) is 3.57. The van der Waals surface area contributed by atoms with E-state index in [1.54, 1.807) is 4.90 Å². The molecule has 7 heteroatoms. The van der Waals surface area contributed by atoms with Gasteiger partial charge in [0, 0.05) is 33.2 Å². The molecule has 0 saturated carbocycles. The van der Waals surface area contributed by atoms with Crippen LogP contribution in [-0.4, -0.2) is 76.7 Å². The summed E-state index contributed by atoms with van der Waals surface area (Å²) in [7, 11) is 1.81. The van der Waals surface area contributed by atoms with E-state index >= 15 is 0 Å². The number of hydrogen-bond acceptors (Lipinski definition) is 5. The summed E-state index contributed by atoms with van der Waals surface area (Å²) in [5.41, 5.74) is 1.26. The summed E-state index contributed by atoms with van der Waals surface area (Å²) in [6, 6.07) is 9.92. The van der Waals surface area contributed by atoms with E-state index in [-0.39, 0.29) is 30.4 Å². The Balaban J connectivity index is 1.54. The zero-order valence-corrected chi connectivity index (χ0v) is 17.0. The van der Waals surface area contributed by atoms with Crippen molar-refractivity contribution in [2.45, 2.75) is 51.7 Å².